The molecule has 2 aromatic rings. The van der Waals surface area contributed by atoms with E-state index in [1.807, 2.05) is 60.7 Å². The molecule has 2 saturated heterocycles. The fourth-order valence-electron chi connectivity index (χ4n) is 5.11. The molecular formula is C25H26N2O5. The lowest BCUT2D eigenvalue weighted by Gasteiger charge is -2.23. The van der Waals surface area contributed by atoms with E-state index in [1.54, 1.807) is 19.1 Å². The van der Waals surface area contributed by atoms with Gasteiger partial charge in [-0.05, 0) is 36.2 Å². The average molecular weight is 434 g/mol. The molecule has 1 N–H and O–H groups in total. The van der Waals surface area contributed by atoms with Crippen molar-refractivity contribution in [1.82, 2.24) is 5.32 Å². The molecule has 0 aromatic heterocycles. The Balaban J connectivity index is 1.27. The predicted molar refractivity (Wildman–Crippen MR) is 119 cm³/mol. The Morgan fingerprint density at radius 3 is 2.69 bits per heavy atom. The molecule has 0 radical (unpaired) electrons. The van der Waals surface area contributed by atoms with Gasteiger partial charge in [0.05, 0.1) is 38.7 Å². The van der Waals surface area contributed by atoms with Gasteiger partial charge in [0.2, 0.25) is 11.8 Å². The molecule has 166 valence electrons. The summed E-state index contributed by atoms with van der Waals surface area (Å²) in [4.78, 5) is 28.2. The minimum atomic E-state index is -0.719. The van der Waals surface area contributed by atoms with E-state index in [1.165, 1.54) is 0 Å². The van der Waals surface area contributed by atoms with Crippen molar-refractivity contribution in [3.8, 4) is 11.5 Å². The van der Waals surface area contributed by atoms with Crippen LogP contribution in [0.2, 0.25) is 0 Å². The number of carbonyl (C=O) groups is 2. The van der Waals surface area contributed by atoms with Gasteiger partial charge < -0.3 is 24.4 Å². The van der Waals surface area contributed by atoms with Crippen molar-refractivity contribution in [3.63, 3.8) is 0 Å². The first-order valence-electron chi connectivity index (χ1n) is 10.8. The van der Waals surface area contributed by atoms with E-state index in [4.69, 9.17) is 14.2 Å². The molecule has 2 amide bonds. The van der Waals surface area contributed by atoms with Crippen molar-refractivity contribution < 1.29 is 23.8 Å². The normalized spacial score (nSPS) is 27.5. The number of anilines is 1. The number of carbonyl (C=O) groups excluding carboxylic acids is 2. The second-order valence-electron chi connectivity index (χ2n) is 8.39. The molecule has 0 saturated carbocycles. The van der Waals surface area contributed by atoms with Crippen LogP contribution in [0.4, 0.5) is 5.69 Å². The third kappa shape index (κ3) is 3.24. The Kier molecular flexibility index (Phi) is 5.13. The summed E-state index contributed by atoms with van der Waals surface area (Å²) < 4.78 is 16.8. The number of para-hydroxylation sites is 1. The standard InChI is InChI=1S/C25H26N2O5/c1-30-18-9-8-16(14-20(18)31-2)11-13-26-23(28)21-19-10-12-25(32-19)15-27(24(29)22(21)25)17-6-4-3-5-7-17/h3-10,12,14,19,21-22H,11,13,15H2,1-2H3,(H,26,28)/t19?,21?,22?,25-/m1/s1. The highest BCUT2D eigenvalue weighted by Crippen LogP contribution is 2.52. The summed E-state index contributed by atoms with van der Waals surface area (Å²) in [6.07, 6.45) is 4.18. The zero-order valence-corrected chi connectivity index (χ0v) is 18.1. The highest BCUT2D eigenvalue weighted by atomic mass is 16.5. The smallest absolute Gasteiger partial charge is 0.234 e. The number of methoxy groups -OCH3 is 2. The number of fused-ring (bicyclic) bond motifs is 1. The average Bonchev–Trinajstić information content (AvgIpc) is 3.47. The van der Waals surface area contributed by atoms with Crippen LogP contribution in [-0.2, 0) is 20.7 Å². The van der Waals surface area contributed by atoms with Crippen LogP contribution in [-0.4, -0.2) is 50.8 Å². The number of nitrogens with one attached hydrogen (secondary N) is 1. The van der Waals surface area contributed by atoms with Crippen LogP contribution in [0.5, 0.6) is 11.5 Å². The number of hydrogen-bond donors (Lipinski definition) is 1. The van der Waals surface area contributed by atoms with Crippen molar-refractivity contribution in [1.29, 1.82) is 0 Å². The molecule has 4 atom stereocenters. The molecule has 3 heterocycles. The fraction of sp³-hybridized carbons (Fsp3) is 0.360. The van der Waals surface area contributed by atoms with Crippen LogP contribution in [0.3, 0.4) is 0 Å². The molecule has 3 unspecified atom stereocenters. The van der Waals surface area contributed by atoms with E-state index in [0.29, 0.717) is 31.0 Å². The molecule has 5 rings (SSSR count). The van der Waals surface area contributed by atoms with Gasteiger partial charge in [0.15, 0.2) is 11.5 Å². The lowest BCUT2D eigenvalue weighted by molar-refractivity contribution is -0.131. The van der Waals surface area contributed by atoms with Crippen molar-refractivity contribution in [2.24, 2.45) is 11.8 Å². The minimum Gasteiger partial charge on any atom is -0.493 e. The van der Waals surface area contributed by atoms with Gasteiger partial charge in [-0.25, -0.2) is 0 Å². The zero-order chi connectivity index (χ0) is 22.3. The van der Waals surface area contributed by atoms with E-state index in [2.05, 4.69) is 5.32 Å². The maximum absolute atomic E-state index is 13.3. The maximum atomic E-state index is 13.3. The second-order valence-corrected chi connectivity index (χ2v) is 8.39. The van der Waals surface area contributed by atoms with Gasteiger partial charge in [-0.3, -0.25) is 9.59 Å². The Morgan fingerprint density at radius 1 is 1.16 bits per heavy atom. The van der Waals surface area contributed by atoms with E-state index in [9.17, 15) is 9.59 Å². The lowest BCUT2D eigenvalue weighted by atomic mass is 9.77. The summed E-state index contributed by atoms with van der Waals surface area (Å²) in [6.45, 7) is 0.889. The molecule has 1 spiro atoms. The first kappa shape index (κ1) is 20.6. The second kappa shape index (κ2) is 7.98. The number of rotatable bonds is 7. The van der Waals surface area contributed by atoms with Gasteiger partial charge in [-0.15, -0.1) is 0 Å². The maximum Gasteiger partial charge on any atom is 0.234 e. The largest absolute Gasteiger partial charge is 0.493 e. The van der Waals surface area contributed by atoms with Gasteiger partial charge in [0.25, 0.3) is 0 Å². The number of benzene rings is 2. The number of nitrogens with zero attached hydrogens (tertiary/aromatic N) is 1. The van der Waals surface area contributed by atoms with Crippen LogP contribution in [0.25, 0.3) is 0 Å². The summed E-state index contributed by atoms with van der Waals surface area (Å²) in [5.74, 6) is 0.102. The zero-order valence-electron chi connectivity index (χ0n) is 18.1. The quantitative estimate of drug-likeness (QED) is 0.677. The Morgan fingerprint density at radius 2 is 1.94 bits per heavy atom. The molecule has 7 heteroatoms. The number of amides is 2. The Hall–Kier alpha value is -3.32. The highest BCUT2D eigenvalue weighted by Gasteiger charge is 2.66. The van der Waals surface area contributed by atoms with E-state index in [-0.39, 0.29) is 17.9 Å². The molecular weight excluding hydrogens is 408 g/mol. The molecule has 3 aliphatic rings. The van der Waals surface area contributed by atoms with Gasteiger partial charge in [0, 0.05) is 12.2 Å². The number of ether oxygens (including phenoxy) is 3. The summed E-state index contributed by atoms with van der Waals surface area (Å²) in [7, 11) is 3.19. The topological polar surface area (TPSA) is 77.1 Å². The summed E-state index contributed by atoms with van der Waals surface area (Å²) >= 11 is 0. The van der Waals surface area contributed by atoms with Crippen molar-refractivity contribution in [3.05, 3.63) is 66.2 Å². The van der Waals surface area contributed by atoms with Crippen molar-refractivity contribution in [2.75, 3.05) is 32.2 Å². The molecule has 2 fully saturated rings. The van der Waals surface area contributed by atoms with Gasteiger partial charge in [-0.2, -0.15) is 0 Å². The molecule has 2 bridgehead atoms. The molecule has 7 nitrogen and oxygen atoms in total. The van der Waals surface area contributed by atoms with Crippen LogP contribution in [0, 0.1) is 11.8 Å². The van der Waals surface area contributed by atoms with E-state index < -0.39 is 17.4 Å². The first-order valence-corrected chi connectivity index (χ1v) is 10.8. The summed E-state index contributed by atoms with van der Waals surface area (Å²) in [5, 5.41) is 3.01. The Bertz CT molecular complexity index is 1070. The number of hydrogen-bond acceptors (Lipinski definition) is 5. The van der Waals surface area contributed by atoms with Crippen LogP contribution in [0.1, 0.15) is 5.56 Å². The van der Waals surface area contributed by atoms with Gasteiger partial charge in [-0.1, -0.05) is 36.4 Å². The Labute approximate surface area is 186 Å². The van der Waals surface area contributed by atoms with Crippen LogP contribution in [0.15, 0.2) is 60.7 Å². The predicted octanol–water partition coefficient (Wildman–Crippen LogP) is 2.35. The SMILES string of the molecule is COc1ccc(CCNC(=O)C2C3C=C[C@]4(CN(c5ccccc5)C(=O)C24)O3)cc1OC. The summed E-state index contributed by atoms with van der Waals surface area (Å²) in [6, 6.07) is 15.2. The lowest BCUT2D eigenvalue weighted by Crippen LogP contribution is -2.44. The van der Waals surface area contributed by atoms with Gasteiger partial charge >= 0.3 is 0 Å². The van der Waals surface area contributed by atoms with Crippen LogP contribution >= 0.6 is 0 Å². The highest BCUT2D eigenvalue weighted by molar-refractivity contribution is 6.03. The molecule has 0 aliphatic carbocycles. The third-order valence-electron chi connectivity index (χ3n) is 6.63. The van der Waals surface area contributed by atoms with E-state index in [0.717, 1.165) is 11.3 Å². The first-order chi connectivity index (χ1) is 15.6. The summed E-state index contributed by atoms with van der Waals surface area (Å²) in [5.41, 5.74) is 1.13. The van der Waals surface area contributed by atoms with E-state index >= 15 is 0 Å². The van der Waals surface area contributed by atoms with Gasteiger partial charge in [0.1, 0.15) is 5.60 Å². The monoisotopic (exact) mass is 434 g/mol. The minimum absolute atomic E-state index is 0.0527. The fourth-order valence-corrected chi connectivity index (χ4v) is 5.11. The molecule has 3 aliphatic heterocycles. The third-order valence-corrected chi connectivity index (χ3v) is 6.63. The molecule has 32 heavy (non-hydrogen) atoms. The van der Waals surface area contributed by atoms with Crippen molar-refractivity contribution >= 4 is 17.5 Å². The van der Waals surface area contributed by atoms with Crippen LogP contribution < -0.4 is 19.7 Å². The van der Waals surface area contributed by atoms with Crippen molar-refractivity contribution in [2.45, 2.75) is 18.1 Å². The molecule has 2 aromatic carbocycles.